The molecule has 0 bridgehead atoms. The van der Waals surface area contributed by atoms with Crippen LogP contribution >= 0.6 is 0 Å². The summed E-state index contributed by atoms with van der Waals surface area (Å²) in [7, 11) is 0. The van der Waals surface area contributed by atoms with Crippen molar-refractivity contribution >= 4 is 11.8 Å². The van der Waals surface area contributed by atoms with Gasteiger partial charge >= 0.3 is 0 Å². The van der Waals surface area contributed by atoms with Crippen molar-refractivity contribution in [1.29, 1.82) is 0 Å². The summed E-state index contributed by atoms with van der Waals surface area (Å²) in [6.45, 7) is 8.17. The Morgan fingerprint density at radius 1 is 1.59 bits per heavy atom. The van der Waals surface area contributed by atoms with Crippen molar-refractivity contribution in [2.75, 3.05) is 19.6 Å². The first kappa shape index (κ1) is 14.0. The van der Waals surface area contributed by atoms with E-state index in [1.54, 1.807) is 0 Å². The Labute approximate surface area is 103 Å². The molecule has 0 aromatic heterocycles. The van der Waals surface area contributed by atoms with E-state index in [9.17, 15) is 9.59 Å². The number of carbonyl (C=O) groups excluding carboxylic acids is 2. The molecule has 2 amide bonds. The summed E-state index contributed by atoms with van der Waals surface area (Å²) in [5.74, 6) is -0.0128. The van der Waals surface area contributed by atoms with Crippen LogP contribution in [0.5, 0.6) is 0 Å². The Morgan fingerprint density at radius 2 is 2.29 bits per heavy atom. The second kappa shape index (κ2) is 6.59. The number of nitrogens with zero attached hydrogens (tertiary/aromatic N) is 1. The molecule has 1 rings (SSSR count). The van der Waals surface area contributed by atoms with Crippen molar-refractivity contribution in [1.82, 2.24) is 15.5 Å². The zero-order valence-corrected chi connectivity index (χ0v) is 11.0. The smallest absolute Gasteiger partial charge is 0.240 e. The van der Waals surface area contributed by atoms with Crippen LogP contribution in [0.25, 0.3) is 0 Å². The molecule has 1 aliphatic heterocycles. The molecule has 1 aliphatic rings. The van der Waals surface area contributed by atoms with Crippen LogP contribution in [0.1, 0.15) is 33.6 Å². The minimum absolute atomic E-state index is 0.0528. The molecule has 5 heteroatoms. The molecule has 1 unspecified atom stereocenters. The highest BCUT2D eigenvalue weighted by molar-refractivity contribution is 5.88. The van der Waals surface area contributed by atoms with Gasteiger partial charge in [-0.2, -0.15) is 0 Å². The first-order valence-electron chi connectivity index (χ1n) is 6.36. The predicted octanol–water partition coefficient (Wildman–Crippen LogP) is 0.112. The number of nitrogens with one attached hydrogen (secondary N) is 2. The normalized spacial score (nSPS) is 20.8. The Morgan fingerprint density at radius 3 is 2.88 bits per heavy atom. The lowest BCUT2D eigenvalue weighted by molar-refractivity contribution is -0.138. The Kier molecular flexibility index (Phi) is 5.41. The Hall–Kier alpha value is -1.10. The second-order valence-electron chi connectivity index (χ2n) is 4.76. The molecule has 98 valence electrons. The van der Waals surface area contributed by atoms with E-state index in [0.29, 0.717) is 0 Å². The number of amides is 2. The maximum Gasteiger partial charge on any atom is 0.240 e. The van der Waals surface area contributed by atoms with Gasteiger partial charge in [0, 0.05) is 25.7 Å². The molecular formula is C12H23N3O2. The summed E-state index contributed by atoms with van der Waals surface area (Å²) in [6.07, 6.45) is 1.19. The molecule has 17 heavy (non-hydrogen) atoms. The summed E-state index contributed by atoms with van der Waals surface area (Å²) < 4.78 is 0. The van der Waals surface area contributed by atoms with Crippen LogP contribution in [0.2, 0.25) is 0 Å². The summed E-state index contributed by atoms with van der Waals surface area (Å²) in [5.41, 5.74) is 0. The van der Waals surface area contributed by atoms with E-state index in [2.05, 4.69) is 17.6 Å². The lowest BCUT2D eigenvalue weighted by atomic mass is 10.1. The molecule has 0 aliphatic carbocycles. The third-order valence-corrected chi connectivity index (χ3v) is 2.71. The molecule has 1 saturated heterocycles. The lowest BCUT2D eigenvalue weighted by Gasteiger charge is -2.32. The third kappa shape index (κ3) is 4.34. The van der Waals surface area contributed by atoms with Gasteiger partial charge in [0.25, 0.3) is 0 Å². The van der Waals surface area contributed by atoms with Gasteiger partial charge in [-0.25, -0.2) is 0 Å². The van der Waals surface area contributed by atoms with Crippen molar-refractivity contribution in [2.24, 2.45) is 0 Å². The van der Waals surface area contributed by atoms with Crippen LogP contribution in [0, 0.1) is 0 Å². The van der Waals surface area contributed by atoms with Crippen molar-refractivity contribution in [3.05, 3.63) is 0 Å². The summed E-state index contributed by atoms with van der Waals surface area (Å²) in [6, 6.07) is -0.234. The van der Waals surface area contributed by atoms with Crippen molar-refractivity contribution < 1.29 is 9.59 Å². The summed E-state index contributed by atoms with van der Waals surface area (Å²) in [4.78, 5) is 25.5. The largest absolute Gasteiger partial charge is 0.354 e. The minimum Gasteiger partial charge on any atom is -0.354 e. The highest BCUT2D eigenvalue weighted by atomic mass is 16.2. The topological polar surface area (TPSA) is 61.4 Å². The number of rotatable bonds is 5. The maximum atomic E-state index is 12.0. The van der Waals surface area contributed by atoms with E-state index < -0.39 is 0 Å². The monoisotopic (exact) mass is 241 g/mol. The fourth-order valence-electron chi connectivity index (χ4n) is 2.01. The molecule has 1 atom stereocenters. The number of piperazine rings is 1. The fourth-order valence-corrected chi connectivity index (χ4v) is 2.01. The van der Waals surface area contributed by atoms with Crippen molar-refractivity contribution in [2.45, 2.75) is 45.7 Å². The second-order valence-corrected chi connectivity index (χ2v) is 4.76. The number of hydrogen-bond acceptors (Lipinski definition) is 3. The quantitative estimate of drug-likeness (QED) is 0.718. The zero-order valence-electron chi connectivity index (χ0n) is 11.0. The lowest BCUT2D eigenvalue weighted by Crippen LogP contribution is -2.56. The summed E-state index contributed by atoms with van der Waals surface area (Å²) in [5, 5.41) is 5.92. The minimum atomic E-state index is -0.353. The maximum absolute atomic E-state index is 12.0. The van der Waals surface area contributed by atoms with Gasteiger partial charge in [0.2, 0.25) is 11.8 Å². The molecule has 0 spiro atoms. The van der Waals surface area contributed by atoms with Gasteiger partial charge in [-0.3, -0.25) is 9.59 Å². The molecule has 0 radical (unpaired) electrons. The van der Waals surface area contributed by atoms with E-state index in [1.165, 1.54) is 0 Å². The van der Waals surface area contributed by atoms with Crippen LogP contribution in [0.3, 0.4) is 0 Å². The highest BCUT2D eigenvalue weighted by Crippen LogP contribution is 2.06. The van der Waals surface area contributed by atoms with Gasteiger partial charge in [0.1, 0.15) is 0 Å². The van der Waals surface area contributed by atoms with Gasteiger partial charge in [-0.1, -0.05) is 6.92 Å². The molecule has 1 fully saturated rings. The van der Waals surface area contributed by atoms with Gasteiger partial charge in [0.05, 0.1) is 12.5 Å². The van der Waals surface area contributed by atoms with E-state index in [0.717, 1.165) is 26.1 Å². The first-order valence-corrected chi connectivity index (χ1v) is 6.36. The van der Waals surface area contributed by atoms with Crippen molar-refractivity contribution in [3.8, 4) is 0 Å². The zero-order chi connectivity index (χ0) is 12.8. The molecular weight excluding hydrogens is 218 g/mol. The number of hydrogen-bond donors (Lipinski definition) is 2. The summed E-state index contributed by atoms with van der Waals surface area (Å²) >= 11 is 0. The van der Waals surface area contributed by atoms with Gasteiger partial charge in [-0.15, -0.1) is 0 Å². The predicted molar refractivity (Wildman–Crippen MR) is 66.6 cm³/mol. The Balaban J connectivity index is 2.47. The van der Waals surface area contributed by atoms with Gasteiger partial charge in [-0.05, 0) is 20.3 Å². The van der Waals surface area contributed by atoms with Crippen molar-refractivity contribution in [3.63, 3.8) is 0 Å². The van der Waals surface area contributed by atoms with E-state index in [1.807, 2.05) is 18.7 Å². The third-order valence-electron chi connectivity index (χ3n) is 2.71. The van der Waals surface area contributed by atoms with Crippen LogP contribution in [0.15, 0.2) is 0 Å². The van der Waals surface area contributed by atoms with Crippen LogP contribution in [-0.4, -0.2) is 48.4 Å². The molecule has 0 aromatic carbocycles. The fraction of sp³-hybridized carbons (Fsp3) is 0.833. The molecule has 1 heterocycles. The first-order chi connectivity index (χ1) is 8.04. The molecule has 0 saturated carbocycles. The molecule has 0 aromatic rings. The highest BCUT2D eigenvalue weighted by Gasteiger charge is 2.29. The average molecular weight is 241 g/mol. The molecule has 2 N–H and O–H groups in total. The van der Waals surface area contributed by atoms with Crippen LogP contribution < -0.4 is 10.6 Å². The average Bonchev–Trinajstić information content (AvgIpc) is 2.23. The van der Waals surface area contributed by atoms with E-state index in [4.69, 9.17) is 0 Å². The SMILES string of the molecule is CCCN1CCNC(CC(=O)NC(C)C)C1=O. The van der Waals surface area contributed by atoms with Crippen LogP contribution in [0.4, 0.5) is 0 Å². The van der Waals surface area contributed by atoms with E-state index in [-0.39, 0.29) is 30.3 Å². The van der Waals surface area contributed by atoms with Gasteiger partial charge in [0.15, 0.2) is 0 Å². The number of carbonyl (C=O) groups is 2. The van der Waals surface area contributed by atoms with Crippen LogP contribution in [-0.2, 0) is 9.59 Å². The van der Waals surface area contributed by atoms with E-state index >= 15 is 0 Å². The van der Waals surface area contributed by atoms with Gasteiger partial charge < -0.3 is 15.5 Å². The standard InChI is InChI=1S/C12H23N3O2/c1-4-6-15-7-5-13-10(12(15)17)8-11(16)14-9(2)3/h9-10,13H,4-8H2,1-3H3,(H,14,16). The Bertz CT molecular complexity index is 277. The molecule has 5 nitrogen and oxygen atoms in total.